The summed E-state index contributed by atoms with van der Waals surface area (Å²) < 4.78 is 6.04. The summed E-state index contributed by atoms with van der Waals surface area (Å²) >= 11 is 14.1. The molecule has 0 aliphatic carbocycles. The van der Waals surface area contributed by atoms with Gasteiger partial charge >= 0.3 is 0 Å². The number of fused-ring (bicyclic) bond motifs is 1. The summed E-state index contributed by atoms with van der Waals surface area (Å²) in [4.78, 5) is 15.3. The Morgan fingerprint density at radius 3 is 2.77 bits per heavy atom. The molecule has 3 nitrogen and oxygen atoms in total. The number of carbonyl (C=O) groups is 1. The molecular weight excluding hydrogens is 341 g/mol. The van der Waals surface area contributed by atoms with Crippen molar-refractivity contribution in [3.8, 4) is 5.75 Å². The van der Waals surface area contributed by atoms with Crippen LogP contribution >= 0.6 is 34.5 Å². The van der Waals surface area contributed by atoms with Gasteiger partial charge in [-0.25, -0.2) is 0 Å². The number of amides is 1. The summed E-state index contributed by atoms with van der Waals surface area (Å²) in [6, 6.07) is 3.89. The van der Waals surface area contributed by atoms with E-state index in [0.29, 0.717) is 20.7 Å². The fourth-order valence-electron chi connectivity index (χ4n) is 2.91. The number of hydrogen-bond donors (Lipinski definition) is 0. The molecular formula is C16H17Cl2NO2S. The van der Waals surface area contributed by atoms with Gasteiger partial charge in [0.15, 0.2) is 0 Å². The molecule has 1 atom stereocenters. The van der Waals surface area contributed by atoms with Crippen molar-refractivity contribution >= 4 is 50.5 Å². The molecule has 1 fully saturated rings. The molecule has 2 heterocycles. The average Bonchev–Trinajstić information content (AvgIpc) is 2.86. The number of thiophene rings is 1. The summed E-state index contributed by atoms with van der Waals surface area (Å²) in [6.07, 6.45) is 3.27. The third-order valence-corrected chi connectivity index (χ3v) is 6.38. The van der Waals surface area contributed by atoms with Crippen LogP contribution in [0.3, 0.4) is 0 Å². The largest absolute Gasteiger partial charge is 0.495 e. The molecule has 0 bridgehead atoms. The van der Waals surface area contributed by atoms with Gasteiger partial charge in [0.1, 0.15) is 15.6 Å². The highest BCUT2D eigenvalue weighted by Crippen LogP contribution is 2.43. The van der Waals surface area contributed by atoms with E-state index in [1.54, 1.807) is 13.2 Å². The molecule has 0 radical (unpaired) electrons. The van der Waals surface area contributed by atoms with Gasteiger partial charge in [0, 0.05) is 18.0 Å². The zero-order valence-corrected chi connectivity index (χ0v) is 14.8. The molecule has 1 amide bonds. The van der Waals surface area contributed by atoms with Crippen molar-refractivity contribution in [2.45, 2.75) is 32.2 Å². The monoisotopic (exact) mass is 357 g/mol. The van der Waals surface area contributed by atoms with E-state index >= 15 is 0 Å². The molecule has 1 aromatic carbocycles. The third-order valence-electron chi connectivity index (χ3n) is 4.18. The smallest absolute Gasteiger partial charge is 0.265 e. The molecule has 1 saturated heterocycles. The summed E-state index contributed by atoms with van der Waals surface area (Å²) in [5.41, 5.74) is 0. The summed E-state index contributed by atoms with van der Waals surface area (Å²) in [5, 5.41) is 1.82. The van der Waals surface area contributed by atoms with Crippen LogP contribution < -0.4 is 4.74 Å². The Hall–Kier alpha value is -0.970. The minimum absolute atomic E-state index is 0.00781. The molecule has 0 N–H and O–H groups in total. The average molecular weight is 358 g/mol. The number of rotatable bonds is 2. The predicted octanol–water partition coefficient (Wildman–Crippen LogP) is 5.23. The molecule has 3 rings (SSSR count). The van der Waals surface area contributed by atoms with Gasteiger partial charge < -0.3 is 9.64 Å². The van der Waals surface area contributed by atoms with Crippen molar-refractivity contribution in [3.63, 3.8) is 0 Å². The number of halogens is 2. The second-order valence-electron chi connectivity index (χ2n) is 5.55. The van der Waals surface area contributed by atoms with E-state index in [-0.39, 0.29) is 11.9 Å². The Morgan fingerprint density at radius 2 is 2.09 bits per heavy atom. The van der Waals surface area contributed by atoms with Gasteiger partial charge in [-0.15, -0.1) is 11.3 Å². The molecule has 118 valence electrons. The van der Waals surface area contributed by atoms with E-state index < -0.39 is 0 Å². The highest BCUT2D eigenvalue weighted by atomic mass is 35.5. The van der Waals surface area contributed by atoms with Crippen LogP contribution in [0.15, 0.2) is 12.1 Å². The molecule has 22 heavy (non-hydrogen) atoms. The van der Waals surface area contributed by atoms with Gasteiger partial charge in [-0.3, -0.25) is 4.79 Å². The first-order valence-corrected chi connectivity index (χ1v) is 8.87. The Morgan fingerprint density at radius 1 is 1.32 bits per heavy atom. The van der Waals surface area contributed by atoms with E-state index in [4.69, 9.17) is 27.9 Å². The Labute approximate surface area is 143 Å². The second kappa shape index (κ2) is 6.26. The molecule has 1 aromatic heterocycles. The number of nitrogens with zero attached hydrogens (tertiary/aromatic N) is 1. The molecule has 0 saturated carbocycles. The van der Waals surface area contributed by atoms with Crippen molar-refractivity contribution in [1.82, 2.24) is 4.90 Å². The molecule has 1 unspecified atom stereocenters. The van der Waals surface area contributed by atoms with Crippen LogP contribution in [0.4, 0.5) is 0 Å². The van der Waals surface area contributed by atoms with Gasteiger partial charge in [0.2, 0.25) is 0 Å². The van der Waals surface area contributed by atoms with Crippen molar-refractivity contribution in [2.24, 2.45) is 0 Å². The molecule has 1 aliphatic rings. The van der Waals surface area contributed by atoms with Crippen LogP contribution in [0.25, 0.3) is 10.1 Å². The fourth-order valence-corrected chi connectivity index (χ4v) is 4.75. The van der Waals surface area contributed by atoms with E-state index in [9.17, 15) is 4.79 Å². The molecule has 2 aromatic rings. The zero-order valence-electron chi connectivity index (χ0n) is 12.5. The number of hydrogen-bond acceptors (Lipinski definition) is 3. The lowest BCUT2D eigenvalue weighted by Crippen LogP contribution is -2.41. The number of likely N-dealkylation sites (tertiary alicyclic amines) is 1. The predicted molar refractivity (Wildman–Crippen MR) is 92.7 cm³/mol. The lowest BCUT2D eigenvalue weighted by molar-refractivity contribution is 0.0641. The second-order valence-corrected chi connectivity index (χ2v) is 7.32. The Balaban J connectivity index is 2.05. The highest BCUT2D eigenvalue weighted by molar-refractivity contribution is 7.22. The van der Waals surface area contributed by atoms with E-state index in [1.165, 1.54) is 17.8 Å². The minimum atomic E-state index is 0.00781. The van der Waals surface area contributed by atoms with Crippen LogP contribution in [-0.4, -0.2) is 30.5 Å². The third kappa shape index (κ3) is 2.57. The number of carbonyl (C=O) groups excluding carboxylic acids is 1. The maximum Gasteiger partial charge on any atom is 0.265 e. The quantitative estimate of drug-likeness (QED) is 0.736. The molecule has 1 aliphatic heterocycles. The van der Waals surface area contributed by atoms with Gasteiger partial charge in [-0.05, 0) is 38.3 Å². The number of piperidine rings is 1. The number of methoxy groups -OCH3 is 1. The van der Waals surface area contributed by atoms with Gasteiger partial charge in [-0.1, -0.05) is 23.2 Å². The minimum Gasteiger partial charge on any atom is -0.495 e. The van der Waals surface area contributed by atoms with Crippen molar-refractivity contribution in [2.75, 3.05) is 13.7 Å². The standard InChI is InChI=1S/C16H17Cl2NO2S/c1-9-5-3-4-8-19(9)16(20)15-12(17)10-6-7-11(21-2)13(18)14(10)22-15/h6-7,9H,3-5,8H2,1-2H3. The van der Waals surface area contributed by atoms with Crippen LogP contribution in [0.5, 0.6) is 5.75 Å². The van der Waals surface area contributed by atoms with Crippen LogP contribution in [0.2, 0.25) is 10.0 Å². The molecule has 0 spiro atoms. The Bertz CT molecular complexity index is 728. The van der Waals surface area contributed by atoms with Crippen LogP contribution in [0.1, 0.15) is 35.9 Å². The van der Waals surface area contributed by atoms with Gasteiger partial charge in [-0.2, -0.15) is 0 Å². The van der Waals surface area contributed by atoms with Crippen molar-refractivity contribution in [3.05, 3.63) is 27.1 Å². The fraction of sp³-hybridized carbons (Fsp3) is 0.438. The highest BCUT2D eigenvalue weighted by Gasteiger charge is 2.28. The van der Waals surface area contributed by atoms with E-state index in [1.807, 2.05) is 11.0 Å². The summed E-state index contributed by atoms with van der Waals surface area (Å²) in [5.74, 6) is 0.603. The lowest BCUT2D eigenvalue weighted by atomic mass is 10.0. The topological polar surface area (TPSA) is 29.5 Å². The lowest BCUT2D eigenvalue weighted by Gasteiger charge is -2.33. The van der Waals surface area contributed by atoms with Gasteiger partial charge in [0.25, 0.3) is 5.91 Å². The Kier molecular flexibility index (Phi) is 4.53. The van der Waals surface area contributed by atoms with E-state index in [2.05, 4.69) is 6.92 Å². The summed E-state index contributed by atoms with van der Waals surface area (Å²) in [7, 11) is 1.57. The maximum atomic E-state index is 12.8. The maximum absolute atomic E-state index is 12.8. The normalized spacial score (nSPS) is 18.7. The van der Waals surface area contributed by atoms with Crippen molar-refractivity contribution in [1.29, 1.82) is 0 Å². The number of benzene rings is 1. The summed E-state index contributed by atoms with van der Waals surface area (Å²) in [6.45, 7) is 2.88. The first-order valence-electron chi connectivity index (χ1n) is 7.30. The van der Waals surface area contributed by atoms with Gasteiger partial charge in [0.05, 0.1) is 16.8 Å². The number of ether oxygens (including phenoxy) is 1. The SMILES string of the molecule is COc1ccc2c(Cl)c(C(=O)N3CCCCC3C)sc2c1Cl. The van der Waals surface area contributed by atoms with Crippen LogP contribution in [-0.2, 0) is 0 Å². The van der Waals surface area contributed by atoms with Crippen LogP contribution in [0, 0.1) is 0 Å². The zero-order chi connectivity index (χ0) is 15.9. The molecule has 6 heteroatoms. The first-order chi connectivity index (χ1) is 10.5. The van der Waals surface area contributed by atoms with E-state index in [0.717, 1.165) is 29.5 Å². The first kappa shape index (κ1) is 15.9. The van der Waals surface area contributed by atoms with Crippen molar-refractivity contribution < 1.29 is 9.53 Å².